The lowest BCUT2D eigenvalue weighted by molar-refractivity contribution is 0.0163. The third-order valence-corrected chi connectivity index (χ3v) is 7.23. The van der Waals surface area contributed by atoms with Gasteiger partial charge in [0, 0.05) is 11.6 Å². The second-order valence-electron chi connectivity index (χ2n) is 7.56. The van der Waals surface area contributed by atoms with Gasteiger partial charge in [0.2, 0.25) is 10.0 Å². The minimum atomic E-state index is -3.85. The number of fused-ring (bicyclic) bond motifs is 1. The lowest BCUT2D eigenvalue weighted by Crippen LogP contribution is -2.42. The first-order chi connectivity index (χ1) is 13.7. The number of nitrogens with zero attached hydrogens (tertiary/aromatic N) is 4. The molecule has 2 heterocycles. The van der Waals surface area contributed by atoms with E-state index in [1.54, 1.807) is 19.2 Å². The SMILES string of the molecule is CC1(O)CCC(NS(=O)(=O)c2cc(-c3cnc4c(N)ncnn34)ccc2Cl)CC1. The standard InChI is InChI=1S/C18H21ClN6O3S/c1-18(26)6-4-12(5-7-18)24-29(27,28)15-8-11(2-3-13(15)19)14-9-21-17-16(20)22-10-23-25(14)17/h2-3,8-10,12,24,26H,4-7H2,1H3,(H2,20,22,23). The lowest BCUT2D eigenvalue weighted by atomic mass is 9.84. The van der Waals surface area contributed by atoms with Gasteiger partial charge in [0.05, 0.1) is 22.5 Å². The van der Waals surface area contributed by atoms with Crippen LogP contribution in [0.5, 0.6) is 0 Å². The van der Waals surface area contributed by atoms with Crippen LogP contribution >= 0.6 is 11.6 Å². The monoisotopic (exact) mass is 436 g/mol. The van der Waals surface area contributed by atoms with Crippen LogP contribution in [0.3, 0.4) is 0 Å². The van der Waals surface area contributed by atoms with E-state index in [2.05, 4.69) is 19.8 Å². The van der Waals surface area contributed by atoms with Crippen LogP contribution in [0.1, 0.15) is 32.6 Å². The van der Waals surface area contributed by atoms with Crippen molar-refractivity contribution in [3.8, 4) is 11.3 Å². The molecule has 0 spiro atoms. The number of halogens is 1. The summed E-state index contributed by atoms with van der Waals surface area (Å²) in [5.41, 5.74) is 6.60. The van der Waals surface area contributed by atoms with Crippen LogP contribution in [0.4, 0.5) is 5.82 Å². The molecule has 29 heavy (non-hydrogen) atoms. The number of sulfonamides is 1. The Bertz CT molecular complexity index is 1170. The Morgan fingerprint density at radius 1 is 1.31 bits per heavy atom. The van der Waals surface area contributed by atoms with E-state index in [0.717, 1.165) is 0 Å². The molecule has 0 bridgehead atoms. The van der Waals surface area contributed by atoms with E-state index in [-0.39, 0.29) is 21.8 Å². The molecule has 1 fully saturated rings. The Morgan fingerprint density at radius 3 is 2.76 bits per heavy atom. The molecule has 11 heteroatoms. The summed E-state index contributed by atoms with van der Waals surface area (Å²) in [7, 11) is -3.85. The highest BCUT2D eigenvalue weighted by molar-refractivity contribution is 7.89. The molecule has 4 N–H and O–H groups in total. The second-order valence-corrected chi connectivity index (χ2v) is 9.65. The lowest BCUT2D eigenvalue weighted by Gasteiger charge is -2.33. The van der Waals surface area contributed by atoms with Gasteiger partial charge in [0.1, 0.15) is 11.2 Å². The number of hydrogen-bond donors (Lipinski definition) is 3. The number of nitrogen functional groups attached to an aromatic ring is 1. The maximum Gasteiger partial charge on any atom is 0.242 e. The van der Waals surface area contributed by atoms with Crippen molar-refractivity contribution in [1.82, 2.24) is 24.3 Å². The zero-order valence-corrected chi connectivity index (χ0v) is 17.3. The summed E-state index contributed by atoms with van der Waals surface area (Å²) in [5, 5.41) is 14.3. The summed E-state index contributed by atoms with van der Waals surface area (Å²) in [5.74, 6) is 0.225. The number of nitrogens with two attached hydrogens (primary N) is 1. The van der Waals surface area contributed by atoms with E-state index in [4.69, 9.17) is 17.3 Å². The average molecular weight is 437 g/mol. The summed E-state index contributed by atoms with van der Waals surface area (Å²) < 4.78 is 30.2. The molecule has 1 aliphatic carbocycles. The molecule has 0 unspecified atom stereocenters. The number of aromatic nitrogens is 4. The molecule has 0 atom stereocenters. The van der Waals surface area contributed by atoms with Crippen molar-refractivity contribution in [2.75, 3.05) is 5.73 Å². The Balaban J connectivity index is 1.67. The van der Waals surface area contributed by atoms with Gasteiger partial charge in [-0.3, -0.25) is 0 Å². The minimum Gasteiger partial charge on any atom is -0.390 e. The molecule has 3 aromatic rings. The molecule has 1 aromatic carbocycles. The van der Waals surface area contributed by atoms with E-state index in [1.807, 2.05) is 0 Å². The zero-order valence-electron chi connectivity index (χ0n) is 15.7. The van der Waals surface area contributed by atoms with Crippen LogP contribution in [0.2, 0.25) is 5.02 Å². The van der Waals surface area contributed by atoms with Crippen molar-refractivity contribution in [1.29, 1.82) is 0 Å². The van der Waals surface area contributed by atoms with Gasteiger partial charge in [-0.2, -0.15) is 5.10 Å². The van der Waals surface area contributed by atoms with Gasteiger partial charge in [0.15, 0.2) is 11.5 Å². The van der Waals surface area contributed by atoms with E-state index >= 15 is 0 Å². The van der Waals surface area contributed by atoms with Crippen LogP contribution in [-0.4, -0.2) is 44.7 Å². The van der Waals surface area contributed by atoms with Crippen LogP contribution in [0.15, 0.2) is 35.6 Å². The Hall–Kier alpha value is -2.27. The molecule has 4 rings (SSSR count). The average Bonchev–Trinajstić information content (AvgIpc) is 3.09. The van der Waals surface area contributed by atoms with Gasteiger partial charge >= 0.3 is 0 Å². The number of hydrogen-bond acceptors (Lipinski definition) is 7. The fourth-order valence-corrected chi connectivity index (χ4v) is 5.37. The first kappa shape index (κ1) is 20.0. The third kappa shape index (κ3) is 3.93. The molecular formula is C18H21ClN6O3S. The van der Waals surface area contributed by atoms with Gasteiger partial charge in [-0.25, -0.2) is 27.6 Å². The summed E-state index contributed by atoms with van der Waals surface area (Å²) in [6, 6.07) is 4.47. The maximum atomic E-state index is 13.0. The van der Waals surface area contributed by atoms with E-state index in [9.17, 15) is 13.5 Å². The molecule has 2 aromatic heterocycles. The van der Waals surface area contributed by atoms with Crippen molar-refractivity contribution >= 4 is 33.1 Å². The van der Waals surface area contributed by atoms with Crippen molar-refractivity contribution < 1.29 is 13.5 Å². The number of aliphatic hydroxyl groups is 1. The highest BCUT2D eigenvalue weighted by Crippen LogP contribution is 2.31. The van der Waals surface area contributed by atoms with Gasteiger partial charge in [-0.05, 0) is 44.7 Å². The fourth-order valence-electron chi connectivity index (χ4n) is 3.54. The second kappa shape index (κ2) is 7.21. The van der Waals surface area contributed by atoms with Crippen LogP contribution < -0.4 is 10.5 Å². The highest BCUT2D eigenvalue weighted by atomic mass is 35.5. The van der Waals surface area contributed by atoms with Gasteiger partial charge in [-0.1, -0.05) is 17.7 Å². The smallest absolute Gasteiger partial charge is 0.242 e. The highest BCUT2D eigenvalue weighted by Gasteiger charge is 2.31. The molecule has 0 radical (unpaired) electrons. The predicted molar refractivity (Wildman–Crippen MR) is 109 cm³/mol. The molecule has 154 valence electrons. The molecular weight excluding hydrogens is 416 g/mol. The summed E-state index contributed by atoms with van der Waals surface area (Å²) >= 11 is 6.22. The number of rotatable bonds is 4. The van der Waals surface area contributed by atoms with Crippen LogP contribution in [0, 0.1) is 0 Å². The molecule has 0 aliphatic heterocycles. The Labute approximate surface area is 173 Å². The van der Waals surface area contributed by atoms with Crippen molar-refractivity contribution in [2.45, 2.75) is 49.1 Å². The Morgan fingerprint density at radius 2 is 2.03 bits per heavy atom. The first-order valence-electron chi connectivity index (χ1n) is 9.15. The molecule has 1 saturated carbocycles. The van der Waals surface area contributed by atoms with Crippen LogP contribution in [-0.2, 0) is 10.0 Å². The summed E-state index contributed by atoms with van der Waals surface area (Å²) in [6.07, 6.45) is 5.06. The normalized spacial score (nSPS) is 22.8. The van der Waals surface area contributed by atoms with Crippen molar-refractivity contribution in [3.05, 3.63) is 35.7 Å². The van der Waals surface area contributed by atoms with Crippen LogP contribution in [0.25, 0.3) is 16.9 Å². The molecule has 9 nitrogen and oxygen atoms in total. The van der Waals surface area contributed by atoms with Crippen molar-refractivity contribution in [2.24, 2.45) is 0 Å². The number of anilines is 1. The van der Waals surface area contributed by atoms with Gasteiger partial charge in [-0.15, -0.1) is 0 Å². The molecule has 0 saturated heterocycles. The zero-order chi connectivity index (χ0) is 20.8. The van der Waals surface area contributed by atoms with Gasteiger partial charge in [0.25, 0.3) is 0 Å². The quantitative estimate of drug-likeness (QED) is 0.569. The Kier molecular flexibility index (Phi) is 4.97. The van der Waals surface area contributed by atoms with Gasteiger partial charge < -0.3 is 10.8 Å². The topological polar surface area (TPSA) is 136 Å². The summed E-state index contributed by atoms with van der Waals surface area (Å²) in [4.78, 5) is 8.08. The number of imidazole rings is 1. The number of nitrogens with one attached hydrogen (secondary N) is 1. The first-order valence-corrected chi connectivity index (χ1v) is 11.0. The predicted octanol–water partition coefficient (Wildman–Crippen LogP) is 2.00. The summed E-state index contributed by atoms with van der Waals surface area (Å²) in [6.45, 7) is 1.77. The van der Waals surface area contributed by atoms with E-state index in [0.29, 0.717) is 42.6 Å². The third-order valence-electron chi connectivity index (χ3n) is 5.23. The van der Waals surface area contributed by atoms with E-state index in [1.165, 1.54) is 23.0 Å². The number of benzene rings is 1. The van der Waals surface area contributed by atoms with Crippen molar-refractivity contribution in [3.63, 3.8) is 0 Å². The minimum absolute atomic E-state index is 0.0222. The molecule has 0 amide bonds. The molecule has 1 aliphatic rings. The van der Waals surface area contributed by atoms with E-state index < -0.39 is 15.6 Å². The largest absolute Gasteiger partial charge is 0.390 e. The fraction of sp³-hybridized carbons (Fsp3) is 0.389. The maximum absolute atomic E-state index is 13.0.